The first-order valence-electron chi connectivity index (χ1n) is 9.42. The normalized spacial score (nSPS) is 12.0. The second kappa shape index (κ2) is 7.83. The van der Waals surface area contributed by atoms with E-state index in [0.29, 0.717) is 6.61 Å². The van der Waals surface area contributed by atoms with Crippen molar-refractivity contribution in [3.63, 3.8) is 0 Å². The van der Waals surface area contributed by atoms with Crippen molar-refractivity contribution in [3.8, 4) is 0 Å². The second-order valence-electron chi connectivity index (χ2n) is 7.36. The zero-order valence-electron chi connectivity index (χ0n) is 16.5. The number of carbonyl (C=O) groups is 1. The number of nitrogens with zero attached hydrogens (tertiary/aromatic N) is 1. The molecule has 3 aromatic rings. The summed E-state index contributed by atoms with van der Waals surface area (Å²) in [5, 5.41) is 1.20. The predicted octanol–water partition coefficient (Wildman–Crippen LogP) is 5.60. The van der Waals surface area contributed by atoms with Crippen molar-refractivity contribution in [3.05, 3.63) is 77.5 Å². The van der Waals surface area contributed by atoms with Gasteiger partial charge in [0.2, 0.25) is 0 Å². The average Bonchev–Trinajstić information content (AvgIpc) is 2.93. The molecule has 0 saturated carbocycles. The van der Waals surface area contributed by atoms with Crippen LogP contribution < -0.4 is 0 Å². The third-order valence-electron chi connectivity index (χ3n) is 4.93. The van der Waals surface area contributed by atoms with Gasteiger partial charge in [-0.05, 0) is 39.3 Å². The Hall–Kier alpha value is -2.81. The number of para-hydroxylation sites is 1. The van der Waals surface area contributed by atoms with Gasteiger partial charge in [0, 0.05) is 28.7 Å². The predicted molar refractivity (Wildman–Crippen MR) is 112 cm³/mol. The first-order chi connectivity index (χ1) is 12.9. The highest BCUT2D eigenvalue weighted by Crippen LogP contribution is 2.30. The maximum absolute atomic E-state index is 12.2. The Morgan fingerprint density at radius 2 is 1.74 bits per heavy atom. The highest BCUT2D eigenvalue weighted by Gasteiger charge is 2.26. The molecule has 27 heavy (non-hydrogen) atoms. The minimum Gasteiger partial charge on any atom is -0.465 e. The molecule has 2 aromatic carbocycles. The quantitative estimate of drug-likeness (QED) is 0.535. The molecular formula is C24H27NO2. The van der Waals surface area contributed by atoms with Gasteiger partial charge in [-0.25, -0.2) is 0 Å². The van der Waals surface area contributed by atoms with E-state index in [1.54, 1.807) is 0 Å². The molecule has 0 N–H and O–H groups in total. The van der Waals surface area contributed by atoms with Crippen molar-refractivity contribution in [2.75, 3.05) is 6.61 Å². The topological polar surface area (TPSA) is 31.2 Å². The van der Waals surface area contributed by atoms with Crippen molar-refractivity contribution in [2.45, 2.75) is 34.2 Å². The van der Waals surface area contributed by atoms with Crippen LogP contribution in [0.3, 0.4) is 0 Å². The largest absolute Gasteiger partial charge is 0.465 e. The lowest BCUT2D eigenvalue weighted by Crippen LogP contribution is -2.24. The molecule has 0 aliphatic rings. The molecule has 3 nitrogen and oxygen atoms in total. The summed E-state index contributed by atoms with van der Waals surface area (Å²) in [6.07, 6.45) is 4.02. The first kappa shape index (κ1) is 19.0. The fraction of sp³-hybridized carbons (Fsp3) is 0.292. The van der Waals surface area contributed by atoms with Gasteiger partial charge in [-0.15, -0.1) is 0 Å². The minimum absolute atomic E-state index is 0.202. The van der Waals surface area contributed by atoms with Crippen LogP contribution in [0.5, 0.6) is 0 Å². The SMILES string of the molecule is CCOC(=O)C(C)(C)/C=C/c1c(C)n(Cc2ccccc2)c2ccccc12. The molecule has 1 heterocycles. The lowest BCUT2D eigenvalue weighted by Gasteiger charge is -2.17. The van der Waals surface area contributed by atoms with Crippen molar-refractivity contribution < 1.29 is 9.53 Å². The third-order valence-corrected chi connectivity index (χ3v) is 4.93. The van der Waals surface area contributed by atoms with Crippen molar-refractivity contribution in [1.29, 1.82) is 0 Å². The summed E-state index contributed by atoms with van der Waals surface area (Å²) in [6, 6.07) is 18.9. The van der Waals surface area contributed by atoms with Gasteiger partial charge in [-0.1, -0.05) is 60.7 Å². The molecule has 140 valence electrons. The van der Waals surface area contributed by atoms with Crippen molar-refractivity contribution in [1.82, 2.24) is 4.57 Å². The highest BCUT2D eigenvalue weighted by atomic mass is 16.5. The molecule has 0 bridgehead atoms. The van der Waals surface area contributed by atoms with Gasteiger partial charge in [0.05, 0.1) is 12.0 Å². The molecule has 0 spiro atoms. The van der Waals surface area contributed by atoms with Crippen LogP contribution in [-0.2, 0) is 16.1 Å². The molecule has 0 amide bonds. The van der Waals surface area contributed by atoms with E-state index in [9.17, 15) is 4.79 Å². The van der Waals surface area contributed by atoms with Gasteiger partial charge in [-0.3, -0.25) is 4.79 Å². The van der Waals surface area contributed by atoms with Crippen LogP contribution in [0, 0.1) is 12.3 Å². The Kier molecular flexibility index (Phi) is 5.50. The highest BCUT2D eigenvalue weighted by molar-refractivity contribution is 5.92. The zero-order valence-corrected chi connectivity index (χ0v) is 16.5. The number of ether oxygens (including phenoxy) is 1. The van der Waals surface area contributed by atoms with Gasteiger partial charge in [0.1, 0.15) is 0 Å². The summed E-state index contributed by atoms with van der Waals surface area (Å²) in [4.78, 5) is 12.2. The van der Waals surface area contributed by atoms with Gasteiger partial charge in [0.15, 0.2) is 0 Å². The van der Waals surface area contributed by atoms with Gasteiger partial charge in [0.25, 0.3) is 0 Å². The zero-order chi connectivity index (χ0) is 19.4. The lowest BCUT2D eigenvalue weighted by atomic mass is 9.92. The smallest absolute Gasteiger partial charge is 0.315 e. The molecule has 0 saturated heterocycles. The van der Waals surface area contributed by atoms with Crippen LogP contribution in [0.4, 0.5) is 0 Å². The summed E-state index contributed by atoms with van der Waals surface area (Å²) in [7, 11) is 0. The fourth-order valence-electron chi connectivity index (χ4n) is 3.31. The molecule has 0 radical (unpaired) electrons. The summed E-state index contributed by atoms with van der Waals surface area (Å²) >= 11 is 0. The van der Waals surface area contributed by atoms with Crippen molar-refractivity contribution >= 4 is 22.9 Å². The number of hydrogen-bond donors (Lipinski definition) is 0. The van der Waals surface area contributed by atoms with Crippen LogP contribution in [0.15, 0.2) is 60.7 Å². The molecule has 0 fully saturated rings. The number of carbonyl (C=O) groups excluding carboxylic acids is 1. The van der Waals surface area contributed by atoms with Crippen LogP contribution in [0.1, 0.15) is 37.6 Å². The number of rotatable bonds is 6. The molecule has 1 aromatic heterocycles. The van der Waals surface area contributed by atoms with Gasteiger partial charge >= 0.3 is 5.97 Å². The summed E-state index contributed by atoms with van der Waals surface area (Å²) in [5.74, 6) is -0.202. The third kappa shape index (κ3) is 3.97. The van der Waals surface area contributed by atoms with E-state index >= 15 is 0 Å². The number of aromatic nitrogens is 1. The minimum atomic E-state index is -0.662. The van der Waals surface area contributed by atoms with E-state index < -0.39 is 5.41 Å². The molecule has 0 atom stereocenters. The number of hydrogen-bond acceptors (Lipinski definition) is 2. The van der Waals surface area contributed by atoms with Crippen LogP contribution in [0.2, 0.25) is 0 Å². The van der Waals surface area contributed by atoms with Gasteiger partial charge in [-0.2, -0.15) is 0 Å². The summed E-state index contributed by atoms with van der Waals surface area (Å²) in [5.41, 5.74) is 4.15. The number of fused-ring (bicyclic) bond motifs is 1. The summed E-state index contributed by atoms with van der Waals surface area (Å²) < 4.78 is 7.54. The molecule has 0 unspecified atom stereocenters. The van der Waals surface area contributed by atoms with E-state index in [2.05, 4.69) is 66.1 Å². The van der Waals surface area contributed by atoms with Crippen LogP contribution in [0.25, 0.3) is 17.0 Å². The number of esters is 1. The first-order valence-corrected chi connectivity index (χ1v) is 9.42. The van der Waals surface area contributed by atoms with E-state index in [0.717, 1.165) is 12.1 Å². The molecule has 0 aliphatic carbocycles. The van der Waals surface area contributed by atoms with Crippen molar-refractivity contribution in [2.24, 2.45) is 5.41 Å². The maximum Gasteiger partial charge on any atom is 0.315 e. The molecular weight excluding hydrogens is 334 g/mol. The lowest BCUT2D eigenvalue weighted by molar-refractivity contribution is -0.150. The average molecular weight is 361 g/mol. The number of benzene rings is 2. The Morgan fingerprint density at radius 1 is 1.07 bits per heavy atom. The maximum atomic E-state index is 12.2. The summed E-state index contributed by atoms with van der Waals surface area (Å²) in [6.45, 7) is 8.97. The Balaban J connectivity index is 2.03. The van der Waals surface area contributed by atoms with Gasteiger partial charge < -0.3 is 9.30 Å². The molecule has 3 rings (SSSR count). The Morgan fingerprint density at radius 3 is 2.44 bits per heavy atom. The monoisotopic (exact) mass is 361 g/mol. The van der Waals surface area contributed by atoms with E-state index in [1.807, 2.05) is 32.9 Å². The van der Waals surface area contributed by atoms with Crippen LogP contribution in [-0.4, -0.2) is 17.1 Å². The van der Waals surface area contributed by atoms with E-state index in [-0.39, 0.29) is 5.97 Å². The molecule has 3 heteroatoms. The van der Waals surface area contributed by atoms with E-state index in [1.165, 1.54) is 22.2 Å². The Bertz CT molecular complexity index is 965. The fourth-order valence-corrected chi connectivity index (χ4v) is 3.31. The van der Waals surface area contributed by atoms with E-state index in [4.69, 9.17) is 4.74 Å². The standard InChI is InChI=1S/C24H27NO2/c1-5-27-23(26)24(3,4)16-15-20-18(2)25(17-19-11-7-6-8-12-19)22-14-10-9-13-21(20)22/h6-16H,5,17H2,1-4H3/b16-15+. The molecule has 0 aliphatic heterocycles. The second-order valence-corrected chi connectivity index (χ2v) is 7.36. The van der Waals surface area contributed by atoms with Crippen LogP contribution >= 0.6 is 0 Å². The Labute approximate surface area is 161 Å².